The van der Waals surface area contributed by atoms with Crippen LogP contribution in [0.3, 0.4) is 0 Å². The first-order chi connectivity index (χ1) is 11.9. The Balaban J connectivity index is 2.18. The first-order valence-electron chi connectivity index (χ1n) is 7.28. The molecule has 25 heavy (non-hydrogen) atoms. The second-order valence-electron chi connectivity index (χ2n) is 5.15. The van der Waals surface area contributed by atoms with Crippen LogP contribution in [0, 0.1) is 0 Å². The highest BCUT2D eigenvalue weighted by atomic mass is 16.2. The zero-order valence-corrected chi connectivity index (χ0v) is 13.4. The van der Waals surface area contributed by atoms with Crippen molar-refractivity contribution in [3.05, 3.63) is 54.1 Å². The molecule has 2 amide bonds. The second-order valence-corrected chi connectivity index (χ2v) is 5.15. The third-order valence-electron chi connectivity index (χ3n) is 3.14. The summed E-state index contributed by atoms with van der Waals surface area (Å²) in [4.78, 5) is 35.1. The number of nitrogen functional groups attached to an aromatic ring is 1. The molecule has 0 aliphatic carbocycles. The van der Waals surface area contributed by atoms with Gasteiger partial charge in [0.1, 0.15) is 0 Å². The Bertz CT molecular complexity index is 861. The molecule has 2 aromatic rings. The van der Waals surface area contributed by atoms with Crippen molar-refractivity contribution in [3.63, 3.8) is 0 Å². The SMILES string of the molecule is CC(=O)/C(=N/Nc1cccc(C(N)=O)c1)C(=O)Nc1cccc(N)c1. The molecule has 0 aliphatic heterocycles. The number of ketones is 1. The maximum atomic E-state index is 12.2. The van der Waals surface area contributed by atoms with Crippen molar-refractivity contribution < 1.29 is 14.4 Å². The van der Waals surface area contributed by atoms with Gasteiger partial charge >= 0.3 is 0 Å². The van der Waals surface area contributed by atoms with E-state index in [9.17, 15) is 14.4 Å². The fourth-order valence-electron chi connectivity index (χ4n) is 1.96. The van der Waals surface area contributed by atoms with Crippen LogP contribution in [-0.4, -0.2) is 23.3 Å². The molecule has 0 spiro atoms. The maximum Gasteiger partial charge on any atom is 0.279 e. The van der Waals surface area contributed by atoms with Crippen LogP contribution in [0.5, 0.6) is 0 Å². The van der Waals surface area contributed by atoms with E-state index in [-0.39, 0.29) is 11.3 Å². The number of hydrogen-bond donors (Lipinski definition) is 4. The maximum absolute atomic E-state index is 12.2. The molecule has 0 radical (unpaired) electrons. The fraction of sp³-hybridized carbons (Fsp3) is 0.0588. The van der Waals surface area contributed by atoms with Crippen LogP contribution in [0.2, 0.25) is 0 Å². The van der Waals surface area contributed by atoms with E-state index in [0.717, 1.165) is 0 Å². The molecule has 128 valence electrons. The van der Waals surface area contributed by atoms with Gasteiger partial charge in [-0.2, -0.15) is 5.10 Å². The summed E-state index contributed by atoms with van der Waals surface area (Å²) in [5.74, 6) is -1.81. The number of hydrogen-bond acceptors (Lipinski definition) is 6. The number of primary amides is 1. The summed E-state index contributed by atoms with van der Waals surface area (Å²) in [5, 5.41) is 6.38. The molecule has 8 heteroatoms. The van der Waals surface area contributed by atoms with Crippen LogP contribution in [-0.2, 0) is 9.59 Å². The van der Waals surface area contributed by atoms with Gasteiger partial charge in [0.2, 0.25) is 5.91 Å². The molecule has 0 saturated heterocycles. The summed E-state index contributed by atoms with van der Waals surface area (Å²) in [6, 6.07) is 12.7. The minimum atomic E-state index is -0.684. The quantitative estimate of drug-likeness (QED) is 0.272. The van der Waals surface area contributed by atoms with Crippen LogP contribution in [0.15, 0.2) is 53.6 Å². The molecule has 0 aliphatic rings. The predicted octanol–water partition coefficient (Wildman–Crippen LogP) is 1.36. The van der Waals surface area contributed by atoms with E-state index < -0.39 is 17.6 Å². The Morgan fingerprint density at radius 2 is 1.68 bits per heavy atom. The highest BCUT2D eigenvalue weighted by Gasteiger charge is 2.17. The molecular formula is C17H17N5O3. The number of carbonyl (C=O) groups excluding carboxylic acids is 3. The minimum Gasteiger partial charge on any atom is -0.399 e. The van der Waals surface area contributed by atoms with Crippen molar-refractivity contribution in [2.75, 3.05) is 16.5 Å². The lowest BCUT2D eigenvalue weighted by atomic mass is 10.2. The third kappa shape index (κ3) is 4.90. The Morgan fingerprint density at radius 1 is 1.00 bits per heavy atom. The van der Waals surface area contributed by atoms with E-state index in [2.05, 4.69) is 15.8 Å². The zero-order valence-electron chi connectivity index (χ0n) is 13.4. The van der Waals surface area contributed by atoms with Crippen LogP contribution >= 0.6 is 0 Å². The Hall–Kier alpha value is -3.68. The standard InChI is InChI=1S/C17H17N5O3/c1-10(23)15(17(25)20-13-6-3-5-12(18)9-13)22-21-14-7-2-4-11(8-14)16(19)24/h2-9,21H,18H2,1H3,(H2,19,24)(H,20,25)/b22-15-. The predicted molar refractivity (Wildman–Crippen MR) is 96.2 cm³/mol. The van der Waals surface area contributed by atoms with Crippen LogP contribution < -0.4 is 22.2 Å². The number of carbonyl (C=O) groups is 3. The smallest absolute Gasteiger partial charge is 0.279 e. The monoisotopic (exact) mass is 339 g/mol. The molecule has 6 N–H and O–H groups in total. The average molecular weight is 339 g/mol. The van der Waals surface area contributed by atoms with Crippen LogP contribution in [0.4, 0.5) is 17.1 Å². The number of amides is 2. The molecule has 0 atom stereocenters. The Morgan fingerprint density at radius 3 is 2.32 bits per heavy atom. The normalized spacial score (nSPS) is 10.8. The highest BCUT2D eigenvalue weighted by molar-refractivity contribution is 6.67. The van der Waals surface area contributed by atoms with Gasteiger partial charge < -0.3 is 16.8 Å². The number of hydrazone groups is 1. The van der Waals surface area contributed by atoms with Crippen LogP contribution in [0.1, 0.15) is 17.3 Å². The fourth-order valence-corrected chi connectivity index (χ4v) is 1.96. The lowest BCUT2D eigenvalue weighted by Gasteiger charge is -2.08. The number of nitrogens with one attached hydrogen (secondary N) is 2. The summed E-state index contributed by atoms with van der Waals surface area (Å²) in [6.07, 6.45) is 0. The first kappa shape index (κ1) is 17.7. The number of rotatable bonds is 6. The average Bonchev–Trinajstić information content (AvgIpc) is 2.55. The van der Waals surface area contributed by atoms with Crippen molar-refractivity contribution in [2.45, 2.75) is 6.92 Å². The van der Waals surface area contributed by atoms with Crippen molar-refractivity contribution in [1.82, 2.24) is 0 Å². The molecule has 0 aromatic heterocycles. The van der Waals surface area contributed by atoms with Gasteiger partial charge in [0.15, 0.2) is 11.5 Å². The van der Waals surface area contributed by atoms with Crippen LogP contribution in [0.25, 0.3) is 0 Å². The summed E-state index contributed by atoms with van der Waals surface area (Å²) < 4.78 is 0. The van der Waals surface area contributed by atoms with Crippen molar-refractivity contribution in [1.29, 1.82) is 0 Å². The molecule has 0 fully saturated rings. The van der Waals surface area contributed by atoms with Gasteiger partial charge in [-0.1, -0.05) is 12.1 Å². The van der Waals surface area contributed by atoms with Crippen molar-refractivity contribution >= 4 is 40.4 Å². The summed E-state index contributed by atoms with van der Waals surface area (Å²) in [7, 11) is 0. The third-order valence-corrected chi connectivity index (χ3v) is 3.14. The second kappa shape index (κ2) is 7.73. The number of nitrogens with two attached hydrogens (primary N) is 2. The Labute approximate surface area is 143 Å². The Kier molecular flexibility index (Phi) is 5.47. The number of nitrogens with zero attached hydrogens (tertiary/aromatic N) is 1. The molecule has 0 saturated carbocycles. The molecule has 0 unspecified atom stereocenters. The van der Waals surface area contributed by atoms with Gasteiger partial charge in [-0.3, -0.25) is 19.8 Å². The number of Topliss-reactive ketones (excluding diaryl/α,β-unsaturated/α-hetero) is 1. The topological polar surface area (TPSA) is 140 Å². The van der Waals surface area contributed by atoms with Crippen molar-refractivity contribution in [3.8, 4) is 0 Å². The van der Waals surface area contributed by atoms with Gasteiger partial charge in [-0.15, -0.1) is 0 Å². The molecule has 2 aromatic carbocycles. The largest absolute Gasteiger partial charge is 0.399 e. The summed E-state index contributed by atoms with van der Waals surface area (Å²) >= 11 is 0. The van der Waals surface area contributed by atoms with Gasteiger partial charge in [0, 0.05) is 23.9 Å². The molecule has 0 heterocycles. The minimum absolute atomic E-state index is 0.272. The van der Waals surface area contributed by atoms with E-state index in [1.165, 1.54) is 19.1 Å². The lowest BCUT2D eigenvalue weighted by molar-refractivity contribution is -0.114. The van der Waals surface area contributed by atoms with E-state index in [1.54, 1.807) is 36.4 Å². The van der Waals surface area contributed by atoms with Crippen molar-refractivity contribution in [2.24, 2.45) is 10.8 Å². The van der Waals surface area contributed by atoms with Gasteiger partial charge in [-0.05, 0) is 36.4 Å². The van der Waals surface area contributed by atoms with E-state index in [0.29, 0.717) is 17.1 Å². The van der Waals surface area contributed by atoms with E-state index >= 15 is 0 Å². The molecule has 8 nitrogen and oxygen atoms in total. The highest BCUT2D eigenvalue weighted by Crippen LogP contribution is 2.13. The molecule has 2 rings (SSSR count). The van der Waals surface area contributed by atoms with E-state index in [4.69, 9.17) is 11.5 Å². The van der Waals surface area contributed by atoms with Gasteiger partial charge in [-0.25, -0.2) is 0 Å². The van der Waals surface area contributed by atoms with Gasteiger partial charge in [0.05, 0.1) is 5.69 Å². The van der Waals surface area contributed by atoms with E-state index in [1.807, 2.05) is 0 Å². The molecular weight excluding hydrogens is 322 g/mol. The summed E-state index contributed by atoms with van der Waals surface area (Å²) in [5.41, 5.74) is 14.7. The first-order valence-corrected chi connectivity index (χ1v) is 7.28. The van der Waals surface area contributed by atoms with Gasteiger partial charge in [0.25, 0.3) is 5.91 Å². The number of benzene rings is 2. The molecule has 0 bridgehead atoms. The lowest BCUT2D eigenvalue weighted by Crippen LogP contribution is -2.29. The zero-order chi connectivity index (χ0) is 18.4. The number of anilines is 3. The summed E-state index contributed by atoms with van der Waals surface area (Å²) in [6.45, 7) is 1.22.